The molecule has 7 heteroatoms. The standard InChI is InChI=1S/C29H37N3O3S/c1-5-22(3)18-32(29(34)30-26-14-10-11-15-27(26)35-6-2)21-28(33)31(19-24-12-8-7-9-13-24)20-25-17-16-23(4)36-25/h7-17,22H,5-6,18-21H2,1-4H3,(H,30,34). The van der Waals surface area contributed by atoms with Crippen molar-refractivity contribution in [2.45, 2.75) is 47.2 Å². The number of benzene rings is 2. The van der Waals surface area contributed by atoms with Gasteiger partial charge in [0, 0.05) is 22.8 Å². The van der Waals surface area contributed by atoms with Crippen molar-refractivity contribution in [3.63, 3.8) is 0 Å². The molecule has 192 valence electrons. The molecule has 0 saturated carbocycles. The van der Waals surface area contributed by atoms with Crippen molar-refractivity contribution < 1.29 is 14.3 Å². The Balaban J connectivity index is 1.80. The van der Waals surface area contributed by atoms with Crippen LogP contribution in [0.1, 0.15) is 42.5 Å². The number of carbonyl (C=O) groups excluding carboxylic acids is 2. The van der Waals surface area contributed by atoms with Gasteiger partial charge in [-0.25, -0.2) is 4.79 Å². The summed E-state index contributed by atoms with van der Waals surface area (Å²) < 4.78 is 5.67. The Kier molecular flexibility index (Phi) is 10.4. The monoisotopic (exact) mass is 507 g/mol. The molecule has 1 aromatic heterocycles. The summed E-state index contributed by atoms with van der Waals surface area (Å²) >= 11 is 1.69. The van der Waals surface area contributed by atoms with Crippen LogP contribution in [0.3, 0.4) is 0 Å². The quantitative estimate of drug-likeness (QED) is 0.302. The fraction of sp³-hybridized carbons (Fsp3) is 0.379. The van der Waals surface area contributed by atoms with Crippen LogP contribution in [0.15, 0.2) is 66.7 Å². The van der Waals surface area contributed by atoms with Crippen LogP contribution in [0.5, 0.6) is 5.75 Å². The number of nitrogens with zero attached hydrogens (tertiary/aromatic N) is 2. The summed E-state index contributed by atoms with van der Waals surface area (Å²) in [7, 11) is 0. The maximum Gasteiger partial charge on any atom is 0.322 e. The van der Waals surface area contributed by atoms with Gasteiger partial charge in [-0.2, -0.15) is 0 Å². The Labute approximate surface area is 218 Å². The predicted octanol–water partition coefficient (Wildman–Crippen LogP) is 6.56. The van der Waals surface area contributed by atoms with E-state index in [1.807, 2.05) is 66.4 Å². The smallest absolute Gasteiger partial charge is 0.322 e. The highest BCUT2D eigenvalue weighted by atomic mass is 32.1. The highest BCUT2D eigenvalue weighted by molar-refractivity contribution is 7.11. The number of thiophene rings is 1. The van der Waals surface area contributed by atoms with Gasteiger partial charge in [0.05, 0.1) is 18.8 Å². The Morgan fingerprint density at radius 1 is 0.944 bits per heavy atom. The van der Waals surface area contributed by atoms with E-state index in [9.17, 15) is 9.59 Å². The lowest BCUT2D eigenvalue weighted by molar-refractivity contribution is -0.133. The molecule has 0 saturated heterocycles. The first kappa shape index (κ1) is 27.3. The maximum atomic E-state index is 13.6. The van der Waals surface area contributed by atoms with Gasteiger partial charge in [0.1, 0.15) is 12.3 Å². The van der Waals surface area contributed by atoms with Crippen molar-refractivity contribution in [1.29, 1.82) is 0 Å². The van der Waals surface area contributed by atoms with Crippen molar-refractivity contribution in [2.24, 2.45) is 5.92 Å². The van der Waals surface area contributed by atoms with Crippen LogP contribution in [-0.2, 0) is 17.9 Å². The van der Waals surface area contributed by atoms with Crippen molar-refractivity contribution >= 4 is 29.0 Å². The highest BCUT2D eigenvalue weighted by Crippen LogP contribution is 2.24. The average Bonchev–Trinajstić information content (AvgIpc) is 3.29. The average molecular weight is 508 g/mol. The SMILES string of the molecule is CCOc1ccccc1NC(=O)N(CC(=O)N(Cc1ccccc1)Cc1ccc(C)s1)CC(C)CC. The van der Waals surface area contributed by atoms with Crippen molar-refractivity contribution in [1.82, 2.24) is 9.80 Å². The molecule has 0 aliphatic heterocycles. The Morgan fingerprint density at radius 2 is 1.67 bits per heavy atom. The molecule has 0 aliphatic rings. The lowest BCUT2D eigenvalue weighted by Gasteiger charge is -2.29. The molecule has 3 rings (SSSR count). The Morgan fingerprint density at radius 3 is 2.33 bits per heavy atom. The van der Waals surface area contributed by atoms with Crippen LogP contribution in [-0.4, -0.2) is 41.4 Å². The van der Waals surface area contributed by atoms with Gasteiger partial charge in [0.25, 0.3) is 0 Å². The summed E-state index contributed by atoms with van der Waals surface area (Å²) in [6.45, 7) is 10.1. The summed E-state index contributed by atoms with van der Waals surface area (Å²) in [6.07, 6.45) is 0.912. The molecule has 0 aliphatic carbocycles. The van der Waals surface area contributed by atoms with E-state index in [-0.39, 0.29) is 24.4 Å². The van der Waals surface area contributed by atoms with Crippen LogP contribution in [0.4, 0.5) is 10.5 Å². The van der Waals surface area contributed by atoms with E-state index < -0.39 is 0 Å². The number of hydrogen-bond acceptors (Lipinski definition) is 4. The first-order valence-corrected chi connectivity index (χ1v) is 13.4. The number of rotatable bonds is 12. The normalized spacial score (nSPS) is 11.6. The van der Waals surface area contributed by atoms with Crippen molar-refractivity contribution in [3.05, 3.63) is 82.0 Å². The Bertz CT molecular complexity index is 1120. The van der Waals surface area contributed by atoms with Crippen LogP contribution < -0.4 is 10.1 Å². The minimum atomic E-state index is -0.303. The molecule has 1 unspecified atom stereocenters. The van der Waals surface area contributed by atoms with Crippen LogP contribution in [0.2, 0.25) is 0 Å². The molecule has 0 fully saturated rings. The van der Waals surface area contributed by atoms with E-state index in [0.29, 0.717) is 37.7 Å². The lowest BCUT2D eigenvalue weighted by Crippen LogP contribution is -2.45. The van der Waals surface area contributed by atoms with Crippen LogP contribution in [0, 0.1) is 12.8 Å². The number of hydrogen-bond donors (Lipinski definition) is 1. The minimum Gasteiger partial charge on any atom is -0.492 e. The summed E-state index contributed by atoms with van der Waals surface area (Å²) in [5.41, 5.74) is 1.66. The molecule has 36 heavy (non-hydrogen) atoms. The Hall–Kier alpha value is -3.32. The van der Waals surface area contributed by atoms with Gasteiger partial charge in [-0.15, -0.1) is 11.3 Å². The number of para-hydroxylation sites is 2. The molecule has 1 N–H and O–H groups in total. The number of nitrogens with one attached hydrogen (secondary N) is 1. The molecule has 1 atom stereocenters. The molecule has 3 amide bonds. The number of urea groups is 1. The summed E-state index contributed by atoms with van der Waals surface area (Å²) in [5.74, 6) is 0.789. The molecule has 0 radical (unpaired) electrons. The van der Waals surface area contributed by atoms with Gasteiger partial charge < -0.3 is 19.9 Å². The first-order valence-electron chi connectivity index (χ1n) is 12.5. The molecule has 0 bridgehead atoms. The van der Waals surface area contributed by atoms with Gasteiger partial charge >= 0.3 is 6.03 Å². The zero-order valence-electron chi connectivity index (χ0n) is 21.7. The molecule has 0 spiro atoms. The third-order valence-electron chi connectivity index (χ3n) is 5.98. The molecule has 6 nitrogen and oxygen atoms in total. The second-order valence-electron chi connectivity index (χ2n) is 9.00. The number of carbonyl (C=O) groups is 2. The second kappa shape index (κ2) is 13.7. The van der Waals surface area contributed by atoms with E-state index in [1.54, 1.807) is 16.2 Å². The van der Waals surface area contributed by atoms with E-state index in [4.69, 9.17) is 4.74 Å². The molecule has 3 aromatic rings. The highest BCUT2D eigenvalue weighted by Gasteiger charge is 2.24. The van der Waals surface area contributed by atoms with Crippen LogP contribution in [0.25, 0.3) is 0 Å². The molecular weight excluding hydrogens is 470 g/mol. The maximum absolute atomic E-state index is 13.6. The minimum absolute atomic E-state index is 0.00413. The van der Waals surface area contributed by atoms with Gasteiger partial charge in [-0.3, -0.25) is 4.79 Å². The first-order chi connectivity index (χ1) is 17.4. The third-order valence-corrected chi connectivity index (χ3v) is 6.97. The predicted molar refractivity (Wildman–Crippen MR) is 147 cm³/mol. The van der Waals surface area contributed by atoms with Crippen molar-refractivity contribution in [3.8, 4) is 5.75 Å². The number of amides is 3. The van der Waals surface area contributed by atoms with Crippen molar-refractivity contribution in [2.75, 3.05) is 25.0 Å². The molecular formula is C29H37N3O3S. The van der Waals surface area contributed by atoms with E-state index in [0.717, 1.165) is 16.9 Å². The largest absolute Gasteiger partial charge is 0.492 e. The number of anilines is 1. The fourth-order valence-electron chi connectivity index (χ4n) is 3.83. The van der Waals surface area contributed by atoms with Crippen LogP contribution >= 0.6 is 11.3 Å². The summed E-state index contributed by atoms with van der Waals surface area (Å²) in [5, 5.41) is 2.97. The summed E-state index contributed by atoms with van der Waals surface area (Å²) in [6, 6.07) is 21.2. The topological polar surface area (TPSA) is 61.9 Å². The summed E-state index contributed by atoms with van der Waals surface area (Å²) in [4.78, 5) is 32.8. The zero-order chi connectivity index (χ0) is 25.9. The van der Waals surface area contributed by atoms with E-state index in [2.05, 4.69) is 38.2 Å². The molecule has 1 heterocycles. The lowest BCUT2D eigenvalue weighted by atomic mass is 10.1. The van der Waals surface area contributed by atoms with Gasteiger partial charge in [-0.05, 0) is 49.6 Å². The van der Waals surface area contributed by atoms with E-state index >= 15 is 0 Å². The molecule has 2 aromatic carbocycles. The second-order valence-corrected chi connectivity index (χ2v) is 10.4. The van der Waals surface area contributed by atoms with E-state index in [1.165, 1.54) is 4.88 Å². The third kappa shape index (κ3) is 8.12. The van der Waals surface area contributed by atoms with Gasteiger partial charge in [0.2, 0.25) is 5.91 Å². The van der Waals surface area contributed by atoms with Gasteiger partial charge in [-0.1, -0.05) is 62.7 Å². The number of ether oxygens (including phenoxy) is 1. The van der Waals surface area contributed by atoms with Gasteiger partial charge in [0.15, 0.2) is 0 Å². The fourth-order valence-corrected chi connectivity index (χ4v) is 4.73. The number of aryl methyl sites for hydroxylation is 1. The zero-order valence-corrected chi connectivity index (χ0v) is 22.5.